The molecule has 0 aliphatic carbocycles. The van der Waals surface area contributed by atoms with Gasteiger partial charge < -0.3 is 9.64 Å². The SMILES string of the molecule is Cc1ccccc1CN(C)C(=O)CN1CCO[C@H](c2ccc(Cl)cc2)C1. The van der Waals surface area contributed by atoms with Crippen molar-refractivity contribution in [2.45, 2.75) is 19.6 Å². The molecule has 0 aromatic heterocycles. The number of nitrogens with zero attached hydrogens (tertiary/aromatic N) is 2. The molecule has 5 heteroatoms. The Morgan fingerprint density at radius 2 is 1.96 bits per heavy atom. The third-order valence-electron chi connectivity index (χ3n) is 4.85. The van der Waals surface area contributed by atoms with E-state index < -0.39 is 0 Å². The monoisotopic (exact) mass is 372 g/mol. The van der Waals surface area contributed by atoms with Gasteiger partial charge in [-0.3, -0.25) is 9.69 Å². The molecule has 1 amide bonds. The molecule has 0 N–H and O–H groups in total. The zero-order chi connectivity index (χ0) is 18.5. The van der Waals surface area contributed by atoms with Crippen molar-refractivity contribution >= 4 is 17.5 Å². The highest BCUT2D eigenvalue weighted by atomic mass is 35.5. The second-order valence-corrected chi connectivity index (χ2v) is 7.26. The minimum atomic E-state index is -0.0181. The summed E-state index contributed by atoms with van der Waals surface area (Å²) in [4.78, 5) is 16.6. The van der Waals surface area contributed by atoms with E-state index in [9.17, 15) is 4.79 Å². The smallest absolute Gasteiger partial charge is 0.236 e. The number of ether oxygens (including phenoxy) is 1. The Morgan fingerprint density at radius 1 is 1.23 bits per heavy atom. The van der Waals surface area contributed by atoms with Crippen LogP contribution in [0.15, 0.2) is 48.5 Å². The summed E-state index contributed by atoms with van der Waals surface area (Å²) in [5.74, 6) is 0.130. The molecule has 1 saturated heterocycles. The lowest BCUT2D eigenvalue weighted by molar-refractivity contribution is -0.133. The van der Waals surface area contributed by atoms with Crippen LogP contribution in [0.4, 0.5) is 0 Å². The first-order valence-corrected chi connectivity index (χ1v) is 9.28. The van der Waals surface area contributed by atoms with Gasteiger partial charge in [-0.1, -0.05) is 48.0 Å². The largest absolute Gasteiger partial charge is 0.371 e. The Hall–Kier alpha value is -1.88. The Morgan fingerprint density at radius 3 is 2.69 bits per heavy atom. The van der Waals surface area contributed by atoms with Crippen LogP contribution < -0.4 is 0 Å². The number of rotatable bonds is 5. The maximum absolute atomic E-state index is 12.6. The van der Waals surface area contributed by atoms with Crippen molar-refractivity contribution in [3.63, 3.8) is 0 Å². The Kier molecular flexibility index (Phi) is 6.30. The van der Waals surface area contributed by atoms with E-state index in [1.54, 1.807) is 4.90 Å². The number of aryl methyl sites for hydroxylation is 1. The van der Waals surface area contributed by atoms with E-state index in [1.807, 2.05) is 43.4 Å². The number of likely N-dealkylation sites (N-methyl/N-ethyl adjacent to an activating group) is 1. The lowest BCUT2D eigenvalue weighted by Gasteiger charge is -2.33. The summed E-state index contributed by atoms with van der Waals surface area (Å²) in [5.41, 5.74) is 3.49. The molecule has 2 aromatic carbocycles. The number of hydrogen-bond donors (Lipinski definition) is 0. The van der Waals surface area contributed by atoms with Crippen molar-refractivity contribution in [1.29, 1.82) is 0 Å². The first kappa shape index (κ1) is 18.9. The molecule has 0 bridgehead atoms. The molecule has 1 aliphatic rings. The molecule has 1 fully saturated rings. The van der Waals surface area contributed by atoms with Gasteiger partial charge >= 0.3 is 0 Å². The zero-order valence-corrected chi connectivity index (χ0v) is 16.1. The molecule has 0 spiro atoms. The number of hydrogen-bond acceptors (Lipinski definition) is 3. The van der Waals surface area contributed by atoms with Crippen molar-refractivity contribution in [3.05, 3.63) is 70.2 Å². The molecule has 1 heterocycles. The second kappa shape index (κ2) is 8.67. The van der Waals surface area contributed by atoms with Crippen molar-refractivity contribution in [2.24, 2.45) is 0 Å². The Bertz CT molecular complexity index is 748. The van der Waals surface area contributed by atoms with Gasteiger partial charge in [0, 0.05) is 31.7 Å². The average Bonchev–Trinajstić information content (AvgIpc) is 2.64. The molecule has 2 aromatic rings. The normalized spacial score (nSPS) is 17.9. The second-order valence-electron chi connectivity index (χ2n) is 6.82. The molecular formula is C21H25ClN2O2. The maximum Gasteiger partial charge on any atom is 0.236 e. The minimum Gasteiger partial charge on any atom is -0.371 e. The summed E-state index contributed by atoms with van der Waals surface area (Å²) in [5, 5.41) is 0.717. The molecule has 138 valence electrons. The molecule has 1 aliphatic heterocycles. The summed E-state index contributed by atoms with van der Waals surface area (Å²) in [7, 11) is 1.87. The van der Waals surface area contributed by atoms with Crippen molar-refractivity contribution in [2.75, 3.05) is 33.3 Å². The fraction of sp³-hybridized carbons (Fsp3) is 0.381. The van der Waals surface area contributed by atoms with Crippen molar-refractivity contribution in [3.8, 4) is 0 Å². The Labute approximate surface area is 160 Å². The van der Waals surface area contributed by atoms with Gasteiger partial charge in [0.2, 0.25) is 5.91 Å². The van der Waals surface area contributed by atoms with E-state index in [1.165, 1.54) is 11.1 Å². The van der Waals surface area contributed by atoms with E-state index in [2.05, 4.69) is 24.0 Å². The van der Waals surface area contributed by atoms with Gasteiger partial charge in [-0.2, -0.15) is 0 Å². The molecule has 0 saturated carbocycles. The topological polar surface area (TPSA) is 32.8 Å². The standard InChI is InChI=1S/C21H25ClN2O2/c1-16-5-3-4-6-18(16)13-23(2)21(25)15-24-11-12-26-20(14-24)17-7-9-19(22)10-8-17/h3-10,20H,11-15H2,1-2H3/t20-/m0/s1. The molecule has 26 heavy (non-hydrogen) atoms. The van der Waals surface area contributed by atoms with Crippen LogP contribution in [0.3, 0.4) is 0 Å². The fourth-order valence-electron chi connectivity index (χ4n) is 3.17. The van der Waals surface area contributed by atoms with E-state index >= 15 is 0 Å². The predicted octanol–water partition coefficient (Wildman–Crippen LogP) is 3.68. The third-order valence-corrected chi connectivity index (χ3v) is 5.10. The lowest BCUT2D eigenvalue weighted by Crippen LogP contribution is -2.44. The zero-order valence-electron chi connectivity index (χ0n) is 15.3. The van der Waals surface area contributed by atoms with Gasteiger partial charge in [0.05, 0.1) is 19.3 Å². The number of carbonyl (C=O) groups is 1. The summed E-state index contributed by atoms with van der Waals surface area (Å²) < 4.78 is 5.88. The van der Waals surface area contributed by atoms with Crippen molar-refractivity contribution in [1.82, 2.24) is 9.80 Å². The van der Waals surface area contributed by atoms with Crippen molar-refractivity contribution < 1.29 is 9.53 Å². The highest BCUT2D eigenvalue weighted by Gasteiger charge is 2.24. The molecule has 3 rings (SSSR count). The number of halogens is 1. The third kappa shape index (κ3) is 4.85. The quantitative estimate of drug-likeness (QED) is 0.802. The summed E-state index contributed by atoms with van der Waals surface area (Å²) in [6.45, 7) is 5.24. The van der Waals surface area contributed by atoms with E-state index in [-0.39, 0.29) is 12.0 Å². The van der Waals surface area contributed by atoms with Gasteiger partial charge in [0.25, 0.3) is 0 Å². The van der Waals surface area contributed by atoms with E-state index in [0.717, 1.165) is 17.1 Å². The van der Waals surface area contributed by atoms with Crippen LogP contribution in [0, 0.1) is 6.92 Å². The number of benzene rings is 2. The number of carbonyl (C=O) groups excluding carboxylic acids is 1. The van der Waals surface area contributed by atoms with E-state index in [4.69, 9.17) is 16.3 Å². The highest BCUT2D eigenvalue weighted by molar-refractivity contribution is 6.30. The van der Waals surface area contributed by atoms with Gasteiger partial charge in [0.15, 0.2) is 0 Å². The minimum absolute atomic E-state index is 0.0181. The summed E-state index contributed by atoms with van der Waals surface area (Å²) in [6, 6.07) is 15.9. The fourth-order valence-corrected chi connectivity index (χ4v) is 3.29. The van der Waals surface area contributed by atoms with Crippen LogP contribution in [-0.2, 0) is 16.1 Å². The first-order valence-electron chi connectivity index (χ1n) is 8.91. The highest BCUT2D eigenvalue weighted by Crippen LogP contribution is 2.23. The molecule has 1 atom stereocenters. The summed E-state index contributed by atoms with van der Waals surface area (Å²) in [6.07, 6.45) is -0.0181. The van der Waals surface area contributed by atoms with E-state index in [0.29, 0.717) is 26.2 Å². The van der Waals surface area contributed by atoms with Crippen LogP contribution in [0.25, 0.3) is 0 Å². The average molecular weight is 373 g/mol. The predicted molar refractivity (Wildman–Crippen MR) is 104 cm³/mol. The molecule has 0 radical (unpaired) electrons. The summed E-state index contributed by atoms with van der Waals surface area (Å²) >= 11 is 5.96. The number of amides is 1. The van der Waals surface area contributed by atoms with Gasteiger partial charge in [-0.15, -0.1) is 0 Å². The van der Waals surface area contributed by atoms with Crippen LogP contribution in [0.1, 0.15) is 22.8 Å². The molecule has 4 nitrogen and oxygen atoms in total. The maximum atomic E-state index is 12.6. The Balaban J connectivity index is 1.56. The van der Waals surface area contributed by atoms with Crippen LogP contribution >= 0.6 is 11.6 Å². The number of morpholine rings is 1. The van der Waals surface area contributed by atoms with Crippen LogP contribution in [0.5, 0.6) is 0 Å². The van der Waals surface area contributed by atoms with Crippen LogP contribution in [-0.4, -0.2) is 49.0 Å². The molecular weight excluding hydrogens is 348 g/mol. The molecule has 0 unspecified atom stereocenters. The lowest BCUT2D eigenvalue weighted by atomic mass is 10.1. The van der Waals surface area contributed by atoms with Crippen LogP contribution in [0.2, 0.25) is 5.02 Å². The van der Waals surface area contributed by atoms with Gasteiger partial charge in [-0.25, -0.2) is 0 Å². The van der Waals surface area contributed by atoms with Gasteiger partial charge in [0.1, 0.15) is 0 Å². The van der Waals surface area contributed by atoms with Gasteiger partial charge in [-0.05, 0) is 35.7 Å². The first-order chi connectivity index (χ1) is 12.5.